The lowest BCUT2D eigenvalue weighted by molar-refractivity contribution is 0.481. The highest BCUT2D eigenvalue weighted by molar-refractivity contribution is 5.77. The second-order valence-corrected chi connectivity index (χ2v) is 3.88. The zero-order valence-electron chi connectivity index (χ0n) is 9.47. The van der Waals surface area contributed by atoms with Crippen LogP contribution in [0.2, 0.25) is 0 Å². The molecule has 0 amide bonds. The summed E-state index contributed by atoms with van der Waals surface area (Å²) in [7, 11) is 1.89. The lowest BCUT2D eigenvalue weighted by Gasteiger charge is -2.09. The molecule has 0 aliphatic carbocycles. The summed E-state index contributed by atoms with van der Waals surface area (Å²) in [6.45, 7) is 0. The van der Waals surface area contributed by atoms with Gasteiger partial charge in [-0.25, -0.2) is 4.98 Å². The molecule has 0 radical (unpaired) electrons. The van der Waals surface area contributed by atoms with Crippen molar-refractivity contribution in [3.63, 3.8) is 0 Å². The van der Waals surface area contributed by atoms with E-state index in [1.54, 1.807) is 6.20 Å². The molecular formula is C13H13N3O. The molecule has 2 aromatic heterocycles. The maximum Gasteiger partial charge on any atom is 0.134 e. The number of para-hydroxylation sites is 1. The highest BCUT2D eigenvalue weighted by atomic mass is 16.3. The van der Waals surface area contributed by atoms with Crippen LogP contribution in [0.3, 0.4) is 0 Å². The first-order valence-electron chi connectivity index (χ1n) is 5.53. The van der Waals surface area contributed by atoms with E-state index in [1.165, 1.54) is 0 Å². The highest BCUT2D eigenvalue weighted by Gasteiger charge is 2.18. The molecule has 1 atom stereocenters. The number of nitrogens with one attached hydrogen (secondary N) is 2. The normalized spacial score (nSPS) is 13.0. The smallest absolute Gasteiger partial charge is 0.134 e. The van der Waals surface area contributed by atoms with Gasteiger partial charge in [0.1, 0.15) is 23.2 Å². The van der Waals surface area contributed by atoms with Gasteiger partial charge < -0.3 is 14.7 Å². The quantitative estimate of drug-likeness (QED) is 0.722. The van der Waals surface area contributed by atoms with Crippen molar-refractivity contribution in [3.05, 3.63) is 54.3 Å². The number of H-pyrrole nitrogens is 1. The van der Waals surface area contributed by atoms with Gasteiger partial charge >= 0.3 is 0 Å². The van der Waals surface area contributed by atoms with Gasteiger partial charge in [0.2, 0.25) is 0 Å². The maximum atomic E-state index is 5.82. The largest absolute Gasteiger partial charge is 0.459 e. The number of hydrogen-bond donors (Lipinski definition) is 2. The van der Waals surface area contributed by atoms with Crippen LogP contribution in [0.4, 0.5) is 0 Å². The summed E-state index contributed by atoms with van der Waals surface area (Å²) in [6, 6.07) is 9.97. The standard InChI is InChI=1S/C13H13N3O/c1-14-12(13-15-6-7-16-13)11-8-9-4-2-3-5-10(9)17-11/h2-8,12,14H,1H3,(H,15,16). The number of hydrogen-bond acceptors (Lipinski definition) is 3. The Kier molecular flexibility index (Phi) is 2.42. The van der Waals surface area contributed by atoms with E-state index >= 15 is 0 Å². The Hall–Kier alpha value is -2.07. The predicted molar refractivity (Wildman–Crippen MR) is 65.7 cm³/mol. The van der Waals surface area contributed by atoms with Crippen molar-refractivity contribution in [3.8, 4) is 0 Å². The molecule has 0 saturated heterocycles. The van der Waals surface area contributed by atoms with Crippen molar-refractivity contribution in [2.24, 2.45) is 0 Å². The van der Waals surface area contributed by atoms with Gasteiger partial charge in [-0.15, -0.1) is 0 Å². The molecule has 2 heterocycles. The average Bonchev–Trinajstić information content (AvgIpc) is 2.98. The monoisotopic (exact) mass is 227 g/mol. The molecule has 3 rings (SSSR count). The van der Waals surface area contributed by atoms with Gasteiger partial charge in [0.15, 0.2) is 0 Å². The molecular weight excluding hydrogens is 214 g/mol. The van der Waals surface area contributed by atoms with Crippen LogP contribution in [0.1, 0.15) is 17.6 Å². The van der Waals surface area contributed by atoms with Crippen molar-refractivity contribution in [2.45, 2.75) is 6.04 Å². The van der Waals surface area contributed by atoms with Gasteiger partial charge in [0.05, 0.1) is 0 Å². The minimum atomic E-state index is -0.0441. The maximum absolute atomic E-state index is 5.82. The summed E-state index contributed by atoms with van der Waals surface area (Å²) in [5.41, 5.74) is 0.898. The van der Waals surface area contributed by atoms with Crippen LogP contribution in [0.25, 0.3) is 11.0 Å². The molecule has 0 fully saturated rings. The average molecular weight is 227 g/mol. The molecule has 4 heteroatoms. The molecule has 1 unspecified atom stereocenters. The third-order valence-electron chi connectivity index (χ3n) is 2.81. The lowest BCUT2D eigenvalue weighted by Crippen LogP contribution is -2.18. The molecule has 4 nitrogen and oxygen atoms in total. The Balaban J connectivity index is 2.07. The Labute approximate surface area is 98.7 Å². The molecule has 3 aromatic rings. The van der Waals surface area contributed by atoms with Crippen LogP contribution in [0.15, 0.2) is 47.1 Å². The second-order valence-electron chi connectivity index (χ2n) is 3.88. The molecule has 86 valence electrons. The van der Waals surface area contributed by atoms with E-state index in [-0.39, 0.29) is 6.04 Å². The summed E-state index contributed by atoms with van der Waals surface area (Å²) in [5, 5.41) is 4.30. The number of benzene rings is 1. The Morgan fingerprint density at radius 1 is 1.35 bits per heavy atom. The first kappa shape index (κ1) is 10.1. The molecule has 0 aliphatic rings. The lowest BCUT2D eigenvalue weighted by atomic mass is 10.2. The third-order valence-corrected chi connectivity index (χ3v) is 2.81. The number of imidazole rings is 1. The van der Waals surface area contributed by atoms with Crippen LogP contribution in [0.5, 0.6) is 0 Å². The SMILES string of the molecule is CNC(c1ncc[nH]1)c1cc2ccccc2o1. The number of furan rings is 1. The molecule has 0 saturated carbocycles. The molecule has 0 bridgehead atoms. The summed E-state index contributed by atoms with van der Waals surface area (Å²) in [6.07, 6.45) is 3.55. The van der Waals surface area contributed by atoms with Gasteiger partial charge in [0, 0.05) is 17.8 Å². The van der Waals surface area contributed by atoms with E-state index in [4.69, 9.17) is 4.42 Å². The van der Waals surface area contributed by atoms with Crippen molar-refractivity contribution < 1.29 is 4.42 Å². The summed E-state index contributed by atoms with van der Waals surface area (Å²) in [4.78, 5) is 7.35. The van der Waals surface area contributed by atoms with Crippen molar-refractivity contribution >= 4 is 11.0 Å². The van der Waals surface area contributed by atoms with E-state index in [1.807, 2.05) is 43.6 Å². The summed E-state index contributed by atoms with van der Waals surface area (Å²) < 4.78 is 5.82. The van der Waals surface area contributed by atoms with Gasteiger partial charge in [-0.3, -0.25) is 0 Å². The summed E-state index contributed by atoms with van der Waals surface area (Å²) in [5.74, 6) is 1.72. The van der Waals surface area contributed by atoms with Crippen LogP contribution < -0.4 is 5.32 Å². The molecule has 1 aromatic carbocycles. The predicted octanol–water partition coefficient (Wildman–Crippen LogP) is 2.46. The van der Waals surface area contributed by atoms with E-state index in [2.05, 4.69) is 15.3 Å². The minimum absolute atomic E-state index is 0.0441. The van der Waals surface area contributed by atoms with Crippen LogP contribution in [0, 0.1) is 0 Å². The van der Waals surface area contributed by atoms with E-state index in [9.17, 15) is 0 Å². The molecule has 2 N–H and O–H groups in total. The number of aromatic nitrogens is 2. The number of fused-ring (bicyclic) bond motifs is 1. The number of aromatic amines is 1. The Morgan fingerprint density at radius 3 is 2.94 bits per heavy atom. The summed E-state index contributed by atoms with van der Waals surface area (Å²) >= 11 is 0. The first-order valence-corrected chi connectivity index (χ1v) is 5.53. The van der Waals surface area contributed by atoms with Crippen molar-refractivity contribution in [1.29, 1.82) is 0 Å². The number of nitrogens with zero attached hydrogens (tertiary/aromatic N) is 1. The zero-order chi connectivity index (χ0) is 11.7. The highest BCUT2D eigenvalue weighted by Crippen LogP contribution is 2.26. The zero-order valence-corrected chi connectivity index (χ0v) is 9.47. The topological polar surface area (TPSA) is 53.9 Å². The molecule has 17 heavy (non-hydrogen) atoms. The van der Waals surface area contributed by atoms with Crippen LogP contribution in [-0.2, 0) is 0 Å². The van der Waals surface area contributed by atoms with E-state index in [0.29, 0.717) is 0 Å². The van der Waals surface area contributed by atoms with E-state index < -0.39 is 0 Å². The first-order chi connectivity index (χ1) is 8.38. The van der Waals surface area contributed by atoms with Gasteiger partial charge in [-0.05, 0) is 19.2 Å². The Morgan fingerprint density at radius 2 is 2.24 bits per heavy atom. The third kappa shape index (κ3) is 1.72. The Bertz CT molecular complexity index is 579. The van der Waals surface area contributed by atoms with Crippen LogP contribution >= 0.6 is 0 Å². The fourth-order valence-corrected chi connectivity index (χ4v) is 1.99. The van der Waals surface area contributed by atoms with Crippen molar-refractivity contribution in [2.75, 3.05) is 7.05 Å². The van der Waals surface area contributed by atoms with Gasteiger partial charge in [0.25, 0.3) is 0 Å². The van der Waals surface area contributed by atoms with Crippen LogP contribution in [-0.4, -0.2) is 17.0 Å². The molecule has 0 aliphatic heterocycles. The fraction of sp³-hybridized carbons (Fsp3) is 0.154. The van der Waals surface area contributed by atoms with Gasteiger partial charge in [-0.1, -0.05) is 18.2 Å². The van der Waals surface area contributed by atoms with Gasteiger partial charge in [-0.2, -0.15) is 0 Å². The van der Waals surface area contributed by atoms with E-state index in [0.717, 1.165) is 22.6 Å². The van der Waals surface area contributed by atoms with Crippen molar-refractivity contribution in [1.82, 2.24) is 15.3 Å². The number of rotatable bonds is 3. The second kappa shape index (κ2) is 4.07. The fourth-order valence-electron chi connectivity index (χ4n) is 1.99. The minimum Gasteiger partial charge on any atom is -0.459 e. The molecule has 0 spiro atoms.